The second kappa shape index (κ2) is 6.86. The van der Waals surface area contributed by atoms with Gasteiger partial charge in [0.25, 0.3) is 0 Å². The van der Waals surface area contributed by atoms with Gasteiger partial charge in [-0.15, -0.1) is 0 Å². The number of piperidine rings is 1. The minimum atomic E-state index is -0.368. The SMILES string of the molecule is CCC(OCC12CC3CC(CC(C3)C1)C2)OC(=O)N1CCCCC1. The maximum atomic E-state index is 12.3. The number of nitrogens with zero attached hydrogens (tertiary/aromatic N) is 1. The molecule has 5 rings (SSSR count). The van der Waals surface area contributed by atoms with E-state index in [-0.39, 0.29) is 12.4 Å². The molecule has 1 unspecified atom stereocenters. The number of hydrogen-bond acceptors (Lipinski definition) is 3. The van der Waals surface area contributed by atoms with E-state index in [1.807, 2.05) is 11.8 Å². The minimum Gasteiger partial charge on any atom is -0.419 e. The van der Waals surface area contributed by atoms with Crippen molar-refractivity contribution < 1.29 is 14.3 Å². The molecule has 5 fully saturated rings. The summed E-state index contributed by atoms with van der Waals surface area (Å²) in [4.78, 5) is 14.2. The van der Waals surface area contributed by atoms with Crippen LogP contribution < -0.4 is 0 Å². The number of likely N-dealkylation sites (tertiary alicyclic amines) is 1. The Bertz CT molecular complexity index is 423. The molecule has 0 N–H and O–H groups in total. The molecule has 0 aromatic carbocycles. The highest BCUT2D eigenvalue weighted by atomic mass is 16.7. The molecular formula is C20H33NO3. The van der Waals surface area contributed by atoms with Gasteiger partial charge in [0.15, 0.2) is 0 Å². The Labute approximate surface area is 146 Å². The molecule has 0 spiro atoms. The van der Waals surface area contributed by atoms with Gasteiger partial charge in [-0.05, 0) is 81.0 Å². The summed E-state index contributed by atoms with van der Waals surface area (Å²) < 4.78 is 11.8. The van der Waals surface area contributed by atoms with Crippen LogP contribution in [0.4, 0.5) is 4.79 Å². The van der Waals surface area contributed by atoms with Crippen molar-refractivity contribution in [3.63, 3.8) is 0 Å². The van der Waals surface area contributed by atoms with Gasteiger partial charge in [-0.1, -0.05) is 6.92 Å². The molecule has 4 saturated carbocycles. The van der Waals surface area contributed by atoms with Crippen molar-refractivity contribution in [2.24, 2.45) is 23.2 Å². The number of rotatable bonds is 5. The largest absolute Gasteiger partial charge is 0.419 e. The van der Waals surface area contributed by atoms with E-state index in [4.69, 9.17) is 9.47 Å². The average molecular weight is 335 g/mol. The molecule has 136 valence electrons. The Kier molecular flexibility index (Phi) is 4.77. The molecule has 5 aliphatic rings. The summed E-state index contributed by atoms with van der Waals surface area (Å²) >= 11 is 0. The fourth-order valence-electron chi connectivity index (χ4n) is 6.24. The zero-order valence-electron chi connectivity index (χ0n) is 15.2. The summed E-state index contributed by atoms with van der Waals surface area (Å²) in [7, 11) is 0. The van der Waals surface area contributed by atoms with E-state index in [9.17, 15) is 4.79 Å². The molecule has 1 amide bonds. The Morgan fingerprint density at radius 1 is 1.04 bits per heavy atom. The van der Waals surface area contributed by atoms with E-state index in [1.54, 1.807) is 0 Å². The molecule has 0 radical (unpaired) electrons. The lowest BCUT2D eigenvalue weighted by Crippen LogP contribution is -2.49. The van der Waals surface area contributed by atoms with Gasteiger partial charge in [0, 0.05) is 19.5 Å². The van der Waals surface area contributed by atoms with Crippen LogP contribution >= 0.6 is 0 Å². The van der Waals surface area contributed by atoms with Crippen LogP contribution in [-0.2, 0) is 9.47 Å². The lowest BCUT2D eigenvalue weighted by Gasteiger charge is -2.56. The molecule has 4 heteroatoms. The number of hydrogen-bond donors (Lipinski definition) is 0. The normalized spacial score (nSPS) is 39.0. The molecular weight excluding hydrogens is 302 g/mol. The second-order valence-electron chi connectivity index (χ2n) is 9.00. The van der Waals surface area contributed by atoms with Crippen LogP contribution in [-0.4, -0.2) is 37.0 Å². The first-order valence-corrected chi connectivity index (χ1v) is 10.2. The summed E-state index contributed by atoms with van der Waals surface area (Å²) in [6, 6.07) is 0. The summed E-state index contributed by atoms with van der Waals surface area (Å²) in [5.74, 6) is 2.82. The molecule has 1 heterocycles. The standard InChI is InChI=1S/C20H33NO3/c1-2-18(24-19(22)21-6-4-3-5-7-21)23-14-20-11-15-8-16(12-20)10-17(9-15)13-20/h15-18H,2-14H2,1H3. The molecule has 1 saturated heterocycles. The average Bonchev–Trinajstić information content (AvgIpc) is 2.58. The fraction of sp³-hybridized carbons (Fsp3) is 0.950. The zero-order valence-corrected chi connectivity index (χ0v) is 15.2. The van der Waals surface area contributed by atoms with E-state index in [1.165, 1.54) is 44.9 Å². The molecule has 4 nitrogen and oxygen atoms in total. The van der Waals surface area contributed by atoms with E-state index in [2.05, 4.69) is 0 Å². The van der Waals surface area contributed by atoms with Gasteiger partial charge >= 0.3 is 6.09 Å². The van der Waals surface area contributed by atoms with Crippen molar-refractivity contribution in [3.8, 4) is 0 Å². The number of carbonyl (C=O) groups is 1. The van der Waals surface area contributed by atoms with Crippen molar-refractivity contribution in [3.05, 3.63) is 0 Å². The van der Waals surface area contributed by atoms with Crippen LogP contribution in [0, 0.1) is 23.2 Å². The number of ether oxygens (including phenoxy) is 2. The predicted molar refractivity (Wildman–Crippen MR) is 92.5 cm³/mol. The maximum absolute atomic E-state index is 12.3. The first-order chi connectivity index (χ1) is 11.7. The highest BCUT2D eigenvalue weighted by molar-refractivity contribution is 5.67. The summed E-state index contributed by atoms with van der Waals surface area (Å²) in [6.07, 6.45) is 12.0. The first kappa shape index (κ1) is 16.7. The zero-order chi connectivity index (χ0) is 16.6. The van der Waals surface area contributed by atoms with Crippen molar-refractivity contribution in [1.29, 1.82) is 0 Å². The highest BCUT2D eigenvalue weighted by Crippen LogP contribution is 2.60. The first-order valence-electron chi connectivity index (χ1n) is 10.2. The second-order valence-corrected chi connectivity index (χ2v) is 9.00. The fourth-order valence-corrected chi connectivity index (χ4v) is 6.24. The van der Waals surface area contributed by atoms with Crippen LogP contribution in [0.1, 0.15) is 71.1 Å². The maximum Gasteiger partial charge on any atom is 0.412 e. The molecule has 0 aromatic heterocycles. The van der Waals surface area contributed by atoms with Gasteiger partial charge in [0.05, 0.1) is 6.61 Å². The van der Waals surface area contributed by atoms with Gasteiger partial charge in [-0.25, -0.2) is 4.79 Å². The van der Waals surface area contributed by atoms with Crippen LogP contribution in [0.25, 0.3) is 0 Å². The summed E-state index contributed by atoms with van der Waals surface area (Å²) in [5.41, 5.74) is 0.389. The van der Waals surface area contributed by atoms with Gasteiger partial charge in [0.1, 0.15) is 0 Å². The van der Waals surface area contributed by atoms with Crippen LogP contribution in [0.2, 0.25) is 0 Å². The minimum absolute atomic E-state index is 0.174. The molecule has 1 aliphatic heterocycles. The lowest BCUT2D eigenvalue weighted by atomic mass is 9.50. The third-order valence-electron chi connectivity index (χ3n) is 6.92. The van der Waals surface area contributed by atoms with Gasteiger partial charge in [-0.2, -0.15) is 0 Å². The quantitative estimate of drug-likeness (QED) is 0.690. The topological polar surface area (TPSA) is 38.8 Å². The third kappa shape index (κ3) is 3.44. The monoisotopic (exact) mass is 335 g/mol. The smallest absolute Gasteiger partial charge is 0.412 e. The van der Waals surface area contributed by atoms with Gasteiger partial charge in [-0.3, -0.25) is 0 Å². The van der Waals surface area contributed by atoms with E-state index in [0.717, 1.165) is 56.7 Å². The number of amides is 1. The van der Waals surface area contributed by atoms with E-state index in [0.29, 0.717) is 5.41 Å². The number of carbonyl (C=O) groups excluding carboxylic acids is 1. The van der Waals surface area contributed by atoms with Crippen LogP contribution in [0.15, 0.2) is 0 Å². The molecule has 4 bridgehead atoms. The van der Waals surface area contributed by atoms with E-state index < -0.39 is 0 Å². The van der Waals surface area contributed by atoms with Gasteiger partial charge in [0.2, 0.25) is 6.29 Å². The van der Waals surface area contributed by atoms with Crippen molar-refractivity contribution >= 4 is 6.09 Å². The predicted octanol–water partition coefficient (Wildman–Crippen LogP) is 4.58. The van der Waals surface area contributed by atoms with Crippen LogP contribution in [0.5, 0.6) is 0 Å². The molecule has 1 atom stereocenters. The lowest BCUT2D eigenvalue weighted by molar-refractivity contribution is -0.167. The summed E-state index contributed by atoms with van der Waals surface area (Å²) in [5, 5.41) is 0. The third-order valence-corrected chi connectivity index (χ3v) is 6.92. The van der Waals surface area contributed by atoms with E-state index >= 15 is 0 Å². The molecule has 24 heavy (non-hydrogen) atoms. The Morgan fingerprint density at radius 2 is 1.62 bits per heavy atom. The Hall–Kier alpha value is -0.770. The Balaban J connectivity index is 1.30. The van der Waals surface area contributed by atoms with Crippen molar-refractivity contribution in [2.45, 2.75) is 77.4 Å². The molecule has 4 aliphatic carbocycles. The molecule has 0 aromatic rings. The van der Waals surface area contributed by atoms with Crippen molar-refractivity contribution in [1.82, 2.24) is 4.90 Å². The van der Waals surface area contributed by atoms with Crippen molar-refractivity contribution in [2.75, 3.05) is 19.7 Å². The van der Waals surface area contributed by atoms with Gasteiger partial charge < -0.3 is 14.4 Å². The van der Waals surface area contributed by atoms with Crippen LogP contribution in [0.3, 0.4) is 0 Å². The Morgan fingerprint density at radius 3 is 2.17 bits per heavy atom. The highest BCUT2D eigenvalue weighted by Gasteiger charge is 2.51. The summed E-state index contributed by atoms with van der Waals surface area (Å²) in [6.45, 7) is 4.52.